The van der Waals surface area contributed by atoms with Gasteiger partial charge in [-0.3, -0.25) is 0 Å². The van der Waals surface area contributed by atoms with E-state index in [0.29, 0.717) is 6.04 Å². The fourth-order valence-electron chi connectivity index (χ4n) is 3.90. The van der Waals surface area contributed by atoms with Crippen molar-refractivity contribution in [3.63, 3.8) is 0 Å². The summed E-state index contributed by atoms with van der Waals surface area (Å²) in [6, 6.07) is 0.640. The Morgan fingerprint density at radius 1 is 1.14 bits per heavy atom. The van der Waals surface area contributed by atoms with E-state index in [1.807, 2.05) is 23.1 Å². The summed E-state index contributed by atoms with van der Waals surface area (Å²) in [4.78, 5) is 10.1. The molecule has 2 saturated heterocycles. The van der Waals surface area contributed by atoms with E-state index in [-0.39, 0.29) is 0 Å². The van der Waals surface area contributed by atoms with E-state index in [1.165, 1.54) is 61.6 Å². The molecule has 2 aliphatic rings. The Kier molecular flexibility index (Phi) is 3.82. The minimum atomic E-state index is 0.640. The van der Waals surface area contributed by atoms with Crippen LogP contribution in [0.2, 0.25) is 0 Å². The monoisotopic (exact) mass is 319 g/mol. The Bertz CT molecular complexity index is 620. The van der Waals surface area contributed by atoms with Crippen LogP contribution in [-0.4, -0.2) is 51.9 Å². The molecule has 0 radical (unpaired) electrons. The second-order valence-electron chi connectivity index (χ2n) is 6.71. The number of anilines is 1. The molecular formula is C16H25N5S. The largest absolute Gasteiger partial charge is 0.344 e. The highest BCUT2D eigenvalue weighted by Crippen LogP contribution is 2.34. The predicted octanol–water partition coefficient (Wildman–Crippen LogP) is 2.79. The van der Waals surface area contributed by atoms with Crippen molar-refractivity contribution in [1.29, 1.82) is 0 Å². The zero-order valence-electron chi connectivity index (χ0n) is 13.6. The summed E-state index contributed by atoms with van der Waals surface area (Å²) in [6.07, 6.45) is 6.71. The van der Waals surface area contributed by atoms with Crippen molar-refractivity contribution in [3.05, 3.63) is 5.69 Å². The van der Waals surface area contributed by atoms with E-state index in [4.69, 9.17) is 4.98 Å². The number of nitrogens with zero attached hydrogens (tertiary/aromatic N) is 5. The van der Waals surface area contributed by atoms with Crippen molar-refractivity contribution in [1.82, 2.24) is 19.7 Å². The Morgan fingerprint density at radius 3 is 2.68 bits per heavy atom. The van der Waals surface area contributed by atoms with Crippen LogP contribution < -0.4 is 4.90 Å². The number of likely N-dealkylation sites (tertiary alicyclic amines) is 1. The molecule has 0 aliphatic carbocycles. The Morgan fingerprint density at radius 2 is 1.91 bits per heavy atom. The molecule has 0 amide bonds. The molecule has 2 aliphatic heterocycles. The maximum absolute atomic E-state index is 4.91. The normalized spacial score (nSPS) is 23.7. The molecule has 0 saturated carbocycles. The van der Waals surface area contributed by atoms with Crippen LogP contribution in [0.1, 0.15) is 37.8 Å². The molecule has 0 spiro atoms. The van der Waals surface area contributed by atoms with E-state index >= 15 is 0 Å². The molecule has 0 N–H and O–H groups in total. The third-order valence-corrected chi connectivity index (χ3v) is 6.26. The van der Waals surface area contributed by atoms with Gasteiger partial charge in [0.25, 0.3) is 0 Å². The van der Waals surface area contributed by atoms with Crippen LogP contribution >= 0.6 is 11.3 Å². The molecule has 4 heterocycles. The van der Waals surface area contributed by atoms with Gasteiger partial charge >= 0.3 is 0 Å². The Balaban J connectivity index is 1.60. The highest BCUT2D eigenvalue weighted by Gasteiger charge is 2.28. The molecule has 4 rings (SSSR count). The number of thiazole rings is 1. The Hall–Kier alpha value is -1.14. The van der Waals surface area contributed by atoms with Crippen LogP contribution in [0.25, 0.3) is 10.3 Å². The van der Waals surface area contributed by atoms with Crippen LogP contribution in [0.3, 0.4) is 0 Å². The minimum Gasteiger partial charge on any atom is -0.344 e. The van der Waals surface area contributed by atoms with Gasteiger partial charge in [-0.05, 0) is 52.1 Å². The zero-order valence-corrected chi connectivity index (χ0v) is 14.4. The Labute approximate surface area is 135 Å². The third kappa shape index (κ3) is 2.52. The van der Waals surface area contributed by atoms with Crippen LogP contribution in [0, 0.1) is 6.92 Å². The quantitative estimate of drug-likeness (QED) is 0.872. The molecule has 1 atom stereocenters. The first-order valence-electron chi connectivity index (χ1n) is 8.51. The van der Waals surface area contributed by atoms with Crippen LogP contribution in [0.15, 0.2) is 0 Å². The number of piperidine rings is 1. The lowest BCUT2D eigenvalue weighted by atomic mass is 10.0. The van der Waals surface area contributed by atoms with Crippen molar-refractivity contribution in [2.45, 2.75) is 45.1 Å². The van der Waals surface area contributed by atoms with Gasteiger partial charge in [0.1, 0.15) is 0 Å². The summed E-state index contributed by atoms with van der Waals surface area (Å²) < 4.78 is 3.17. The van der Waals surface area contributed by atoms with Gasteiger partial charge in [-0.1, -0.05) is 11.3 Å². The standard InChI is InChI=1S/C16H25N5S/c1-12-14-15(19(2)18-12)17-16(22-14)21-10-4-3-7-13(21)11-20-8-5-6-9-20/h13H,3-11H2,1-2H3/t13-/m0/s1. The van der Waals surface area contributed by atoms with Gasteiger partial charge in [-0.25, -0.2) is 9.67 Å². The van der Waals surface area contributed by atoms with E-state index < -0.39 is 0 Å². The van der Waals surface area contributed by atoms with Crippen LogP contribution in [0.5, 0.6) is 0 Å². The van der Waals surface area contributed by atoms with Gasteiger partial charge in [0.05, 0.1) is 10.4 Å². The second kappa shape index (κ2) is 5.81. The lowest BCUT2D eigenvalue weighted by Gasteiger charge is -2.37. The summed E-state index contributed by atoms with van der Waals surface area (Å²) in [5.41, 5.74) is 2.15. The fraction of sp³-hybridized carbons (Fsp3) is 0.750. The molecule has 120 valence electrons. The SMILES string of the molecule is Cc1nn(C)c2nc(N3CCCC[C@H]3CN3CCCC3)sc12. The van der Waals surface area contributed by atoms with Gasteiger partial charge in [0.15, 0.2) is 10.8 Å². The number of fused-ring (bicyclic) bond motifs is 1. The van der Waals surface area contributed by atoms with Crippen molar-refractivity contribution < 1.29 is 0 Å². The minimum absolute atomic E-state index is 0.640. The van der Waals surface area contributed by atoms with Gasteiger partial charge in [0, 0.05) is 26.2 Å². The number of aryl methyl sites for hydroxylation is 2. The van der Waals surface area contributed by atoms with Gasteiger partial charge in [-0.15, -0.1) is 0 Å². The van der Waals surface area contributed by atoms with Gasteiger partial charge in [0.2, 0.25) is 0 Å². The molecule has 0 aromatic carbocycles. The molecule has 2 aromatic rings. The molecule has 2 aromatic heterocycles. The van der Waals surface area contributed by atoms with Gasteiger partial charge < -0.3 is 9.80 Å². The van der Waals surface area contributed by atoms with Crippen molar-refractivity contribution in [3.8, 4) is 0 Å². The smallest absolute Gasteiger partial charge is 0.188 e. The first-order valence-corrected chi connectivity index (χ1v) is 9.33. The molecule has 22 heavy (non-hydrogen) atoms. The maximum Gasteiger partial charge on any atom is 0.188 e. The summed E-state index contributed by atoms with van der Waals surface area (Å²) in [5.74, 6) is 0. The summed E-state index contributed by atoms with van der Waals surface area (Å²) >= 11 is 1.83. The highest BCUT2D eigenvalue weighted by atomic mass is 32.1. The number of aromatic nitrogens is 3. The second-order valence-corrected chi connectivity index (χ2v) is 7.69. The van der Waals surface area contributed by atoms with E-state index in [2.05, 4.69) is 21.8 Å². The van der Waals surface area contributed by atoms with Gasteiger partial charge in [-0.2, -0.15) is 5.10 Å². The van der Waals surface area contributed by atoms with E-state index in [0.717, 1.165) is 17.9 Å². The molecule has 0 bridgehead atoms. The highest BCUT2D eigenvalue weighted by molar-refractivity contribution is 7.22. The molecule has 2 fully saturated rings. The fourth-order valence-corrected chi connectivity index (χ4v) is 5.03. The zero-order chi connectivity index (χ0) is 15.1. The average Bonchev–Trinajstić information content (AvgIpc) is 3.20. The average molecular weight is 319 g/mol. The number of rotatable bonds is 3. The van der Waals surface area contributed by atoms with Crippen molar-refractivity contribution >= 4 is 26.8 Å². The first kappa shape index (κ1) is 14.5. The molecule has 5 nitrogen and oxygen atoms in total. The number of hydrogen-bond acceptors (Lipinski definition) is 5. The first-order chi connectivity index (χ1) is 10.7. The molecule has 0 unspecified atom stereocenters. The summed E-state index contributed by atoms with van der Waals surface area (Å²) in [7, 11) is 2.00. The maximum atomic E-state index is 4.91. The van der Waals surface area contributed by atoms with Crippen molar-refractivity contribution in [2.24, 2.45) is 7.05 Å². The van der Waals surface area contributed by atoms with Crippen LogP contribution in [-0.2, 0) is 7.05 Å². The summed E-state index contributed by atoms with van der Waals surface area (Å²) in [5, 5.41) is 5.68. The molecular weight excluding hydrogens is 294 g/mol. The topological polar surface area (TPSA) is 37.2 Å². The lowest BCUT2D eigenvalue weighted by Crippen LogP contribution is -2.46. The predicted molar refractivity (Wildman–Crippen MR) is 91.8 cm³/mol. The lowest BCUT2D eigenvalue weighted by molar-refractivity contribution is 0.285. The number of hydrogen-bond donors (Lipinski definition) is 0. The van der Waals surface area contributed by atoms with Crippen molar-refractivity contribution in [2.75, 3.05) is 31.1 Å². The third-order valence-electron chi connectivity index (χ3n) is 5.07. The van der Waals surface area contributed by atoms with E-state index in [9.17, 15) is 0 Å². The molecule has 6 heteroatoms. The summed E-state index contributed by atoms with van der Waals surface area (Å²) in [6.45, 7) is 7.03. The van der Waals surface area contributed by atoms with E-state index in [1.54, 1.807) is 0 Å². The van der Waals surface area contributed by atoms with Crippen LogP contribution in [0.4, 0.5) is 5.13 Å².